The van der Waals surface area contributed by atoms with Crippen molar-refractivity contribution in [2.24, 2.45) is 0 Å². The van der Waals surface area contributed by atoms with Crippen molar-refractivity contribution in [3.63, 3.8) is 0 Å². The molecule has 0 unspecified atom stereocenters. The maximum Gasteiger partial charge on any atom is 0.141 e. The Labute approximate surface area is 123 Å². The Kier molecular flexibility index (Phi) is 2.93. The Hall–Kier alpha value is -1.20. The van der Waals surface area contributed by atoms with Crippen LogP contribution in [0.3, 0.4) is 0 Å². The Morgan fingerprint density at radius 1 is 1.20 bits per heavy atom. The molecule has 2 aromatic heterocycles. The average Bonchev–Trinajstić information content (AvgIpc) is 3.03. The van der Waals surface area contributed by atoms with Crippen LogP contribution in [0.2, 0.25) is 0 Å². The number of aromatic nitrogens is 2. The fraction of sp³-hybridized carbons (Fsp3) is 0.600. The summed E-state index contributed by atoms with van der Waals surface area (Å²) >= 11 is 1.79. The van der Waals surface area contributed by atoms with Crippen molar-refractivity contribution in [2.45, 2.75) is 32.7 Å². The summed E-state index contributed by atoms with van der Waals surface area (Å²) in [6, 6.07) is 0.730. The van der Waals surface area contributed by atoms with E-state index in [1.807, 2.05) is 0 Å². The van der Waals surface area contributed by atoms with Crippen LogP contribution in [0.4, 0.5) is 5.82 Å². The molecule has 0 radical (unpaired) electrons. The van der Waals surface area contributed by atoms with Crippen LogP contribution in [-0.4, -0.2) is 47.1 Å². The summed E-state index contributed by atoms with van der Waals surface area (Å²) in [7, 11) is 0. The van der Waals surface area contributed by atoms with E-state index in [1.165, 1.54) is 41.8 Å². The van der Waals surface area contributed by atoms with Crippen LogP contribution in [0.5, 0.6) is 0 Å². The van der Waals surface area contributed by atoms with Gasteiger partial charge in [-0.1, -0.05) is 0 Å². The third-order valence-electron chi connectivity index (χ3n) is 4.83. The first kappa shape index (κ1) is 12.5. The molecule has 2 aromatic rings. The molecule has 0 bridgehead atoms. The fourth-order valence-electron chi connectivity index (χ4n) is 3.59. The Balaban J connectivity index is 1.75. The highest BCUT2D eigenvalue weighted by atomic mass is 32.1. The van der Waals surface area contributed by atoms with Gasteiger partial charge in [0.1, 0.15) is 17.0 Å². The van der Waals surface area contributed by atoms with Gasteiger partial charge in [-0.15, -0.1) is 11.3 Å². The quantitative estimate of drug-likeness (QED) is 0.807. The van der Waals surface area contributed by atoms with Gasteiger partial charge in [0.2, 0.25) is 0 Å². The lowest BCUT2D eigenvalue weighted by Gasteiger charge is -2.38. The normalized spacial score (nSPS) is 23.5. The molecule has 4 nitrogen and oxygen atoms in total. The highest BCUT2D eigenvalue weighted by molar-refractivity contribution is 7.18. The predicted octanol–water partition coefficient (Wildman–Crippen LogP) is 2.59. The van der Waals surface area contributed by atoms with Gasteiger partial charge in [0.25, 0.3) is 0 Å². The maximum atomic E-state index is 4.62. The Morgan fingerprint density at radius 2 is 2.10 bits per heavy atom. The van der Waals surface area contributed by atoms with E-state index >= 15 is 0 Å². The van der Waals surface area contributed by atoms with Crippen molar-refractivity contribution in [3.8, 4) is 0 Å². The summed E-state index contributed by atoms with van der Waals surface area (Å²) in [5, 5.41) is 1.28. The molecule has 0 N–H and O–H groups in total. The predicted molar refractivity (Wildman–Crippen MR) is 83.7 cm³/mol. The van der Waals surface area contributed by atoms with Gasteiger partial charge in [-0.3, -0.25) is 4.90 Å². The zero-order valence-electron chi connectivity index (χ0n) is 12.1. The van der Waals surface area contributed by atoms with Crippen LogP contribution in [0.25, 0.3) is 10.2 Å². The summed E-state index contributed by atoms with van der Waals surface area (Å²) in [5.74, 6) is 1.16. The number of hydrogen-bond donors (Lipinski definition) is 0. The highest BCUT2D eigenvalue weighted by Crippen LogP contribution is 2.35. The third-order valence-corrected chi connectivity index (χ3v) is 5.95. The van der Waals surface area contributed by atoms with Crippen LogP contribution in [0.15, 0.2) is 6.33 Å². The van der Waals surface area contributed by atoms with Crippen molar-refractivity contribution >= 4 is 27.4 Å². The van der Waals surface area contributed by atoms with E-state index in [4.69, 9.17) is 0 Å². The number of anilines is 1. The Bertz CT molecular complexity index is 651. The molecule has 5 heteroatoms. The second kappa shape index (κ2) is 4.67. The molecule has 0 amide bonds. The van der Waals surface area contributed by atoms with E-state index in [2.05, 4.69) is 33.6 Å². The van der Waals surface area contributed by atoms with Gasteiger partial charge in [0.05, 0.1) is 5.39 Å². The Morgan fingerprint density at radius 3 is 3.00 bits per heavy atom. The summed E-state index contributed by atoms with van der Waals surface area (Å²) < 4.78 is 0. The van der Waals surface area contributed by atoms with Gasteiger partial charge in [-0.25, -0.2) is 9.97 Å². The number of aryl methyl sites for hydroxylation is 2. The molecule has 106 valence electrons. The zero-order chi connectivity index (χ0) is 13.7. The summed E-state index contributed by atoms with van der Waals surface area (Å²) in [4.78, 5) is 16.7. The van der Waals surface area contributed by atoms with Crippen molar-refractivity contribution in [3.05, 3.63) is 16.8 Å². The summed E-state index contributed by atoms with van der Waals surface area (Å²) in [5.41, 5.74) is 1.36. The number of nitrogens with zero attached hydrogens (tertiary/aromatic N) is 4. The molecular formula is C15H20N4S. The smallest absolute Gasteiger partial charge is 0.141 e. The van der Waals surface area contributed by atoms with E-state index in [0.717, 1.165) is 29.8 Å². The molecule has 1 atom stereocenters. The second-order valence-electron chi connectivity index (χ2n) is 5.94. The summed E-state index contributed by atoms with van der Waals surface area (Å²) in [6.07, 6.45) is 4.43. The molecular weight excluding hydrogens is 268 g/mol. The largest absolute Gasteiger partial charge is 0.353 e. The van der Waals surface area contributed by atoms with Gasteiger partial charge in [0.15, 0.2) is 0 Å². The van der Waals surface area contributed by atoms with E-state index in [9.17, 15) is 0 Å². The molecule has 0 aromatic carbocycles. The van der Waals surface area contributed by atoms with E-state index in [1.54, 1.807) is 17.7 Å². The lowest BCUT2D eigenvalue weighted by molar-refractivity contribution is 0.230. The minimum absolute atomic E-state index is 0.730. The van der Waals surface area contributed by atoms with Crippen molar-refractivity contribution < 1.29 is 0 Å². The summed E-state index contributed by atoms with van der Waals surface area (Å²) in [6.45, 7) is 9.07. The van der Waals surface area contributed by atoms with Crippen LogP contribution >= 0.6 is 11.3 Å². The zero-order valence-corrected chi connectivity index (χ0v) is 12.9. The third kappa shape index (κ3) is 1.84. The molecule has 2 fully saturated rings. The molecule has 0 aliphatic carbocycles. The second-order valence-corrected chi connectivity index (χ2v) is 7.14. The minimum atomic E-state index is 0.730. The standard InChI is InChI=1S/C15H20N4S/c1-10-11(2)20-15-13(10)14(16-9-17-15)19-7-6-18-5-3-4-12(18)8-19/h9,12H,3-8H2,1-2H3/t12-/m1/s1. The highest BCUT2D eigenvalue weighted by Gasteiger charge is 2.32. The lowest BCUT2D eigenvalue weighted by Crippen LogP contribution is -2.50. The molecule has 2 aliphatic rings. The van der Waals surface area contributed by atoms with Gasteiger partial charge in [-0.2, -0.15) is 0 Å². The first-order chi connectivity index (χ1) is 9.74. The molecule has 0 saturated carbocycles. The number of rotatable bonds is 1. The SMILES string of the molecule is Cc1sc2ncnc(N3CCN4CCC[C@@H]4C3)c2c1C. The van der Waals surface area contributed by atoms with Crippen LogP contribution in [0.1, 0.15) is 23.3 Å². The number of piperazine rings is 1. The van der Waals surface area contributed by atoms with E-state index < -0.39 is 0 Å². The van der Waals surface area contributed by atoms with Crippen LogP contribution in [-0.2, 0) is 0 Å². The average molecular weight is 288 g/mol. The topological polar surface area (TPSA) is 32.3 Å². The van der Waals surface area contributed by atoms with Gasteiger partial charge < -0.3 is 4.90 Å². The van der Waals surface area contributed by atoms with Gasteiger partial charge in [-0.05, 0) is 38.8 Å². The first-order valence-electron chi connectivity index (χ1n) is 7.44. The monoisotopic (exact) mass is 288 g/mol. The molecule has 0 spiro atoms. The van der Waals surface area contributed by atoms with E-state index in [0.29, 0.717) is 0 Å². The minimum Gasteiger partial charge on any atom is -0.353 e. The first-order valence-corrected chi connectivity index (χ1v) is 8.25. The molecule has 2 aliphatic heterocycles. The molecule has 20 heavy (non-hydrogen) atoms. The molecule has 4 heterocycles. The number of hydrogen-bond acceptors (Lipinski definition) is 5. The fourth-order valence-corrected chi connectivity index (χ4v) is 4.58. The van der Waals surface area contributed by atoms with Crippen molar-refractivity contribution in [1.82, 2.24) is 14.9 Å². The van der Waals surface area contributed by atoms with Crippen molar-refractivity contribution in [2.75, 3.05) is 31.1 Å². The van der Waals surface area contributed by atoms with Gasteiger partial charge >= 0.3 is 0 Å². The van der Waals surface area contributed by atoms with Crippen molar-refractivity contribution in [1.29, 1.82) is 0 Å². The van der Waals surface area contributed by atoms with Crippen LogP contribution < -0.4 is 4.90 Å². The number of thiophene rings is 1. The van der Waals surface area contributed by atoms with E-state index in [-0.39, 0.29) is 0 Å². The van der Waals surface area contributed by atoms with Crippen LogP contribution in [0, 0.1) is 13.8 Å². The van der Waals surface area contributed by atoms with Gasteiger partial charge in [0, 0.05) is 30.6 Å². The number of fused-ring (bicyclic) bond motifs is 2. The molecule has 4 rings (SSSR count). The molecule has 2 saturated heterocycles. The lowest BCUT2D eigenvalue weighted by atomic mass is 10.1. The maximum absolute atomic E-state index is 4.62.